The van der Waals surface area contributed by atoms with Gasteiger partial charge in [0.1, 0.15) is 5.84 Å². The molecule has 0 atom stereocenters. The van der Waals surface area contributed by atoms with Gasteiger partial charge in [0.25, 0.3) is 0 Å². The lowest BCUT2D eigenvalue weighted by Gasteiger charge is -2.15. The van der Waals surface area contributed by atoms with E-state index in [9.17, 15) is 0 Å². The minimum atomic E-state index is 0.622. The minimum Gasteiger partial charge on any atom is -0.330 e. The lowest BCUT2D eigenvalue weighted by Crippen LogP contribution is -2.23. The fourth-order valence-corrected chi connectivity index (χ4v) is 1.72. The molecular weight excluding hydrogens is 240 g/mol. The van der Waals surface area contributed by atoms with Gasteiger partial charge >= 0.3 is 0 Å². The molecule has 0 saturated heterocycles. The Morgan fingerprint density at radius 1 is 1.53 bits per heavy atom. The summed E-state index contributed by atoms with van der Waals surface area (Å²) < 4.78 is 1.76. The summed E-state index contributed by atoms with van der Waals surface area (Å²) in [6, 6.07) is 3.79. The van der Waals surface area contributed by atoms with Crippen LogP contribution in [-0.4, -0.2) is 27.6 Å². The van der Waals surface area contributed by atoms with Gasteiger partial charge in [-0.3, -0.25) is 4.98 Å². The number of aliphatic imine (C=N–C) groups is 1. The summed E-state index contributed by atoms with van der Waals surface area (Å²) in [7, 11) is 1.85. The normalized spacial score (nSPS) is 11.2. The SMILES string of the molecule is CC(=NC#N)N(C)c1cn(-c2cccnc2)nc1C. The monoisotopic (exact) mass is 254 g/mol. The average molecular weight is 254 g/mol. The Morgan fingerprint density at radius 3 is 2.95 bits per heavy atom. The van der Waals surface area contributed by atoms with Crippen LogP contribution in [0.15, 0.2) is 35.7 Å². The highest BCUT2D eigenvalue weighted by Crippen LogP contribution is 2.19. The molecule has 0 spiro atoms. The third kappa shape index (κ3) is 2.60. The Bertz CT molecular complexity index is 635. The van der Waals surface area contributed by atoms with Crippen LogP contribution in [0.1, 0.15) is 12.6 Å². The molecule has 0 radical (unpaired) electrons. The second kappa shape index (κ2) is 5.31. The van der Waals surface area contributed by atoms with Crippen molar-refractivity contribution in [1.82, 2.24) is 14.8 Å². The number of amidine groups is 1. The molecule has 19 heavy (non-hydrogen) atoms. The number of rotatable bonds is 2. The number of nitriles is 1. The molecule has 0 aliphatic carbocycles. The summed E-state index contributed by atoms with van der Waals surface area (Å²) in [6.07, 6.45) is 7.14. The van der Waals surface area contributed by atoms with E-state index in [0.29, 0.717) is 5.84 Å². The zero-order chi connectivity index (χ0) is 13.8. The van der Waals surface area contributed by atoms with Crippen molar-refractivity contribution in [2.45, 2.75) is 13.8 Å². The van der Waals surface area contributed by atoms with E-state index in [0.717, 1.165) is 17.1 Å². The Balaban J connectivity index is 2.38. The van der Waals surface area contributed by atoms with Gasteiger partial charge in [-0.2, -0.15) is 15.4 Å². The van der Waals surface area contributed by atoms with Crippen molar-refractivity contribution in [3.8, 4) is 11.9 Å². The number of aromatic nitrogens is 3. The minimum absolute atomic E-state index is 0.622. The molecule has 2 rings (SSSR count). The van der Waals surface area contributed by atoms with Gasteiger partial charge in [0, 0.05) is 13.2 Å². The van der Waals surface area contributed by atoms with E-state index in [4.69, 9.17) is 5.26 Å². The predicted molar refractivity (Wildman–Crippen MR) is 73.2 cm³/mol. The third-order valence-electron chi connectivity index (χ3n) is 2.84. The maximum Gasteiger partial charge on any atom is 0.207 e. The molecule has 0 aromatic carbocycles. The van der Waals surface area contributed by atoms with Gasteiger partial charge in [-0.1, -0.05) is 0 Å². The van der Waals surface area contributed by atoms with Crippen molar-refractivity contribution >= 4 is 11.5 Å². The van der Waals surface area contributed by atoms with Crippen LogP contribution < -0.4 is 4.90 Å². The Morgan fingerprint density at radius 2 is 2.32 bits per heavy atom. The van der Waals surface area contributed by atoms with E-state index >= 15 is 0 Å². The van der Waals surface area contributed by atoms with Gasteiger partial charge in [-0.25, -0.2) is 4.68 Å². The van der Waals surface area contributed by atoms with E-state index in [1.165, 1.54) is 0 Å². The fraction of sp³-hybridized carbons (Fsp3) is 0.231. The summed E-state index contributed by atoms with van der Waals surface area (Å²) in [6.45, 7) is 3.70. The number of hydrogen-bond acceptors (Lipinski definition) is 4. The highest BCUT2D eigenvalue weighted by atomic mass is 15.3. The van der Waals surface area contributed by atoms with E-state index < -0.39 is 0 Å². The third-order valence-corrected chi connectivity index (χ3v) is 2.84. The summed E-state index contributed by atoms with van der Waals surface area (Å²) in [4.78, 5) is 9.62. The summed E-state index contributed by atoms with van der Waals surface area (Å²) in [5.41, 5.74) is 2.65. The predicted octanol–water partition coefficient (Wildman–Crippen LogP) is 1.91. The lowest BCUT2D eigenvalue weighted by atomic mass is 10.3. The first-order valence-corrected chi connectivity index (χ1v) is 5.77. The smallest absolute Gasteiger partial charge is 0.207 e. The molecule has 0 saturated carbocycles. The van der Waals surface area contributed by atoms with Gasteiger partial charge in [-0.15, -0.1) is 0 Å². The standard InChI is InChI=1S/C13H14N6/c1-10-13(18(3)11(2)16-9-14)8-19(17-10)12-5-4-6-15-7-12/h4-8H,1-3H3. The molecule has 0 aliphatic heterocycles. The first kappa shape index (κ1) is 12.8. The molecule has 96 valence electrons. The van der Waals surface area contributed by atoms with Gasteiger partial charge in [0.15, 0.2) is 0 Å². The quantitative estimate of drug-likeness (QED) is 0.466. The van der Waals surface area contributed by atoms with Gasteiger partial charge in [0.05, 0.1) is 29.5 Å². The second-order valence-electron chi connectivity index (χ2n) is 4.07. The maximum atomic E-state index is 8.59. The lowest BCUT2D eigenvalue weighted by molar-refractivity contribution is 0.857. The molecule has 2 aromatic rings. The van der Waals surface area contributed by atoms with Crippen LogP contribution in [0.5, 0.6) is 0 Å². The van der Waals surface area contributed by atoms with E-state index in [1.54, 1.807) is 30.2 Å². The number of nitrogens with zero attached hydrogens (tertiary/aromatic N) is 6. The van der Waals surface area contributed by atoms with E-state index in [-0.39, 0.29) is 0 Å². The summed E-state index contributed by atoms with van der Waals surface area (Å²) >= 11 is 0. The van der Waals surface area contributed by atoms with Crippen molar-refractivity contribution in [3.05, 3.63) is 36.4 Å². The summed E-state index contributed by atoms with van der Waals surface area (Å²) in [5.74, 6) is 0.622. The zero-order valence-electron chi connectivity index (χ0n) is 11.1. The number of anilines is 1. The van der Waals surface area contributed by atoms with Crippen LogP contribution in [0.3, 0.4) is 0 Å². The number of aryl methyl sites for hydroxylation is 1. The molecule has 0 fully saturated rings. The van der Waals surface area contributed by atoms with Gasteiger partial charge in [0.2, 0.25) is 6.19 Å². The van der Waals surface area contributed by atoms with Crippen LogP contribution in [0.4, 0.5) is 5.69 Å². The van der Waals surface area contributed by atoms with Crippen LogP contribution in [0.25, 0.3) is 5.69 Å². The largest absolute Gasteiger partial charge is 0.330 e. The van der Waals surface area contributed by atoms with Gasteiger partial charge in [-0.05, 0) is 26.0 Å². The molecule has 0 amide bonds. The molecular formula is C13H14N6. The maximum absolute atomic E-state index is 8.59. The number of pyridine rings is 1. The molecule has 0 bridgehead atoms. The highest BCUT2D eigenvalue weighted by Gasteiger charge is 2.12. The fourth-order valence-electron chi connectivity index (χ4n) is 1.72. The van der Waals surface area contributed by atoms with Gasteiger partial charge < -0.3 is 4.90 Å². The molecule has 2 aromatic heterocycles. The molecule has 6 heteroatoms. The average Bonchev–Trinajstić information content (AvgIpc) is 2.81. The van der Waals surface area contributed by atoms with Crippen molar-refractivity contribution in [2.75, 3.05) is 11.9 Å². The van der Waals surface area contributed by atoms with Crippen molar-refractivity contribution < 1.29 is 0 Å². The number of hydrogen-bond donors (Lipinski definition) is 0. The Labute approximate surface area is 111 Å². The van der Waals surface area contributed by atoms with Crippen LogP contribution in [-0.2, 0) is 0 Å². The molecule has 6 nitrogen and oxygen atoms in total. The topological polar surface area (TPSA) is 70.1 Å². The van der Waals surface area contributed by atoms with Crippen molar-refractivity contribution in [1.29, 1.82) is 5.26 Å². The molecule has 2 heterocycles. The first-order valence-electron chi connectivity index (χ1n) is 5.77. The second-order valence-corrected chi connectivity index (χ2v) is 4.07. The van der Waals surface area contributed by atoms with Crippen LogP contribution in [0, 0.1) is 18.4 Å². The van der Waals surface area contributed by atoms with Crippen LogP contribution >= 0.6 is 0 Å². The van der Waals surface area contributed by atoms with E-state index in [2.05, 4.69) is 15.1 Å². The van der Waals surface area contributed by atoms with Crippen molar-refractivity contribution in [3.63, 3.8) is 0 Å². The molecule has 0 aliphatic rings. The highest BCUT2D eigenvalue weighted by molar-refractivity contribution is 5.96. The zero-order valence-corrected chi connectivity index (χ0v) is 11.1. The van der Waals surface area contributed by atoms with Crippen LogP contribution in [0.2, 0.25) is 0 Å². The Hall–Kier alpha value is -2.68. The Kier molecular flexibility index (Phi) is 3.57. The molecule has 0 unspecified atom stereocenters. The van der Waals surface area contributed by atoms with Crippen molar-refractivity contribution in [2.24, 2.45) is 4.99 Å². The first-order chi connectivity index (χ1) is 9.13. The molecule has 0 N–H and O–H groups in total. The summed E-state index contributed by atoms with van der Waals surface area (Å²) in [5, 5.41) is 13.0. The van der Waals surface area contributed by atoms with E-state index in [1.807, 2.05) is 37.2 Å².